The van der Waals surface area contributed by atoms with E-state index in [0.717, 1.165) is 17.0 Å². The molecule has 7 nitrogen and oxygen atoms in total. The average Bonchev–Trinajstić information content (AvgIpc) is 3.31. The number of esters is 1. The number of ketones is 1. The maximum absolute atomic E-state index is 13.0. The lowest BCUT2D eigenvalue weighted by molar-refractivity contribution is -0.135. The molecule has 0 saturated heterocycles. The van der Waals surface area contributed by atoms with Gasteiger partial charge in [-0.05, 0) is 42.0 Å². The predicted octanol–water partition coefficient (Wildman–Crippen LogP) is 3.49. The summed E-state index contributed by atoms with van der Waals surface area (Å²) < 4.78 is 18.4. The summed E-state index contributed by atoms with van der Waals surface area (Å²) in [6.07, 6.45) is 3.53. The maximum atomic E-state index is 13.0. The predicted molar refractivity (Wildman–Crippen MR) is 108 cm³/mol. The number of nitrogens with zero attached hydrogens (tertiary/aromatic N) is 2. The highest BCUT2D eigenvalue weighted by molar-refractivity contribution is 6.15. The third-order valence-electron chi connectivity index (χ3n) is 5.41. The second kappa shape index (κ2) is 6.88. The molecule has 1 unspecified atom stereocenters. The molecule has 0 N–H and O–H groups in total. The number of carbonyl (C=O) groups is 2. The minimum Gasteiger partial charge on any atom is -0.497 e. The Morgan fingerprint density at radius 1 is 1.10 bits per heavy atom. The number of benzene rings is 2. The van der Waals surface area contributed by atoms with Crippen molar-refractivity contribution in [3.05, 3.63) is 76.8 Å². The molecule has 5 rings (SSSR count). The number of aryl methyl sites for hydroxylation is 1. The Kier molecular flexibility index (Phi) is 4.17. The van der Waals surface area contributed by atoms with Crippen LogP contribution in [0.15, 0.2) is 54.4 Å². The number of Topliss-reactive ketones (excluding diaryl/α,β-unsaturated/α-hetero) is 1. The third kappa shape index (κ3) is 2.86. The Morgan fingerprint density at radius 2 is 1.90 bits per heavy atom. The summed E-state index contributed by atoms with van der Waals surface area (Å²) in [5, 5.41) is 4.22. The van der Waals surface area contributed by atoms with E-state index in [0.29, 0.717) is 22.6 Å². The van der Waals surface area contributed by atoms with Gasteiger partial charge in [0, 0.05) is 30.4 Å². The van der Waals surface area contributed by atoms with Gasteiger partial charge in [0.15, 0.2) is 5.76 Å². The molecular weight excluding hydrogens is 384 g/mol. The van der Waals surface area contributed by atoms with Gasteiger partial charge in [-0.15, -0.1) is 0 Å². The molecule has 2 aromatic carbocycles. The van der Waals surface area contributed by atoms with Crippen LogP contribution in [-0.4, -0.2) is 28.6 Å². The van der Waals surface area contributed by atoms with Gasteiger partial charge in [-0.3, -0.25) is 14.3 Å². The number of rotatable bonds is 3. The van der Waals surface area contributed by atoms with Gasteiger partial charge < -0.3 is 14.2 Å². The highest BCUT2D eigenvalue weighted by Crippen LogP contribution is 2.48. The minimum atomic E-state index is -0.327. The zero-order valence-corrected chi connectivity index (χ0v) is 16.4. The first-order chi connectivity index (χ1) is 14.5. The van der Waals surface area contributed by atoms with Gasteiger partial charge in [0.25, 0.3) is 0 Å². The first-order valence-corrected chi connectivity index (χ1v) is 9.49. The smallest absolute Gasteiger partial charge is 0.312 e. The average molecular weight is 402 g/mol. The van der Waals surface area contributed by atoms with Crippen LogP contribution in [0.3, 0.4) is 0 Å². The lowest BCUT2D eigenvalue weighted by Crippen LogP contribution is -2.23. The van der Waals surface area contributed by atoms with Gasteiger partial charge in [-0.25, -0.2) is 0 Å². The van der Waals surface area contributed by atoms with E-state index in [1.54, 1.807) is 36.2 Å². The number of hydrogen-bond donors (Lipinski definition) is 0. The SMILES string of the molecule is COc1ccc(/C=C2\Oc3c(ccc4c3C(c3ccnn3C)CC(=O)O4)C2=O)cc1. The van der Waals surface area contributed by atoms with Crippen LogP contribution in [0.5, 0.6) is 17.2 Å². The summed E-state index contributed by atoms with van der Waals surface area (Å²) in [6, 6.07) is 12.5. The van der Waals surface area contributed by atoms with Gasteiger partial charge in [-0.2, -0.15) is 5.10 Å². The Bertz CT molecular complexity index is 1210. The second-order valence-corrected chi connectivity index (χ2v) is 7.18. The maximum Gasteiger partial charge on any atom is 0.312 e. The van der Waals surface area contributed by atoms with Crippen LogP contribution in [-0.2, 0) is 11.8 Å². The van der Waals surface area contributed by atoms with E-state index in [4.69, 9.17) is 14.2 Å². The standard InChI is InChI=1S/C23H18N2O5/c1-25-17(9-10-24-25)16-12-20(26)29-18-8-7-15-22(27)19(30-23(15)21(16)18)11-13-3-5-14(28-2)6-4-13/h3-11,16H,12H2,1-2H3/b19-11-. The Hall–Kier alpha value is -3.87. The molecular formula is C23H18N2O5. The van der Waals surface area contributed by atoms with E-state index in [1.165, 1.54) is 0 Å². The summed E-state index contributed by atoms with van der Waals surface area (Å²) >= 11 is 0. The number of hydrogen-bond acceptors (Lipinski definition) is 6. The molecule has 0 saturated carbocycles. The van der Waals surface area contributed by atoms with Crippen LogP contribution < -0.4 is 14.2 Å². The van der Waals surface area contributed by atoms with Gasteiger partial charge >= 0.3 is 5.97 Å². The molecule has 7 heteroatoms. The molecule has 2 aliphatic rings. The van der Waals surface area contributed by atoms with Gasteiger partial charge in [0.1, 0.15) is 17.2 Å². The van der Waals surface area contributed by atoms with E-state index in [2.05, 4.69) is 5.10 Å². The van der Waals surface area contributed by atoms with Crippen LogP contribution in [0.1, 0.15) is 39.5 Å². The molecule has 30 heavy (non-hydrogen) atoms. The van der Waals surface area contributed by atoms with E-state index < -0.39 is 0 Å². The van der Waals surface area contributed by atoms with Gasteiger partial charge in [0.2, 0.25) is 5.78 Å². The summed E-state index contributed by atoms with van der Waals surface area (Å²) in [7, 11) is 3.42. The lowest BCUT2D eigenvalue weighted by Gasteiger charge is -2.26. The molecule has 3 heterocycles. The number of aromatic nitrogens is 2. The van der Waals surface area contributed by atoms with Crippen molar-refractivity contribution >= 4 is 17.8 Å². The fraction of sp³-hybridized carbons (Fsp3) is 0.174. The van der Waals surface area contributed by atoms with Crippen molar-refractivity contribution in [3.63, 3.8) is 0 Å². The zero-order chi connectivity index (χ0) is 20.8. The second-order valence-electron chi connectivity index (χ2n) is 7.18. The topological polar surface area (TPSA) is 79.7 Å². The highest BCUT2D eigenvalue weighted by Gasteiger charge is 2.39. The van der Waals surface area contributed by atoms with Crippen molar-refractivity contribution in [2.75, 3.05) is 7.11 Å². The van der Waals surface area contributed by atoms with Crippen molar-refractivity contribution in [2.45, 2.75) is 12.3 Å². The van der Waals surface area contributed by atoms with Crippen molar-refractivity contribution < 1.29 is 23.8 Å². The van der Waals surface area contributed by atoms with Crippen LogP contribution >= 0.6 is 0 Å². The van der Waals surface area contributed by atoms with Gasteiger partial charge in [0.05, 0.1) is 19.1 Å². The first kappa shape index (κ1) is 18.2. The largest absolute Gasteiger partial charge is 0.497 e. The summed E-state index contributed by atoms with van der Waals surface area (Å²) in [4.78, 5) is 25.2. The summed E-state index contributed by atoms with van der Waals surface area (Å²) in [6.45, 7) is 0. The van der Waals surface area contributed by atoms with Crippen LogP contribution in [0.25, 0.3) is 6.08 Å². The van der Waals surface area contributed by atoms with Crippen LogP contribution in [0, 0.1) is 0 Å². The van der Waals surface area contributed by atoms with Crippen molar-refractivity contribution in [1.82, 2.24) is 9.78 Å². The van der Waals surface area contributed by atoms with Crippen LogP contribution in [0.4, 0.5) is 0 Å². The monoisotopic (exact) mass is 402 g/mol. The van der Waals surface area contributed by atoms with E-state index in [9.17, 15) is 9.59 Å². The number of ether oxygens (including phenoxy) is 3. The van der Waals surface area contributed by atoms with Crippen LogP contribution in [0.2, 0.25) is 0 Å². The molecule has 1 aromatic heterocycles. The third-order valence-corrected chi connectivity index (χ3v) is 5.41. The minimum absolute atomic E-state index is 0.151. The molecule has 2 aliphatic heterocycles. The number of allylic oxidation sites excluding steroid dienone is 1. The van der Waals surface area contributed by atoms with E-state index in [-0.39, 0.29) is 29.9 Å². The molecule has 0 radical (unpaired) electrons. The molecule has 0 spiro atoms. The normalized spacial score (nSPS) is 18.6. The molecule has 0 fully saturated rings. The molecule has 0 amide bonds. The fourth-order valence-electron chi connectivity index (χ4n) is 3.94. The lowest BCUT2D eigenvalue weighted by atomic mass is 9.87. The number of carbonyl (C=O) groups excluding carboxylic acids is 2. The fourth-order valence-corrected chi connectivity index (χ4v) is 3.94. The van der Waals surface area contributed by atoms with Gasteiger partial charge in [-0.1, -0.05) is 12.1 Å². The number of methoxy groups -OCH3 is 1. The van der Waals surface area contributed by atoms with E-state index >= 15 is 0 Å². The Labute approximate surface area is 172 Å². The van der Waals surface area contributed by atoms with E-state index in [1.807, 2.05) is 37.4 Å². The summed E-state index contributed by atoms with van der Waals surface area (Å²) in [5.41, 5.74) is 2.82. The zero-order valence-electron chi connectivity index (χ0n) is 16.4. The molecule has 0 aliphatic carbocycles. The summed E-state index contributed by atoms with van der Waals surface area (Å²) in [5.74, 6) is 0.969. The van der Waals surface area contributed by atoms with Crippen molar-refractivity contribution in [2.24, 2.45) is 7.05 Å². The highest BCUT2D eigenvalue weighted by atomic mass is 16.5. The molecule has 0 bridgehead atoms. The Morgan fingerprint density at radius 3 is 2.60 bits per heavy atom. The molecule has 1 atom stereocenters. The molecule has 3 aromatic rings. The number of fused-ring (bicyclic) bond motifs is 3. The van der Waals surface area contributed by atoms with Crippen molar-refractivity contribution in [3.8, 4) is 17.2 Å². The first-order valence-electron chi connectivity index (χ1n) is 9.49. The quantitative estimate of drug-likeness (QED) is 0.379. The Balaban J connectivity index is 1.59. The van der Waals surface area contributed by atoms with Crippen molar-refractivity contribution in [1.29, 1.82) is 0 Å². The molecule has 150 valence electrons.